The number of fused-ring (bicyclic) bond motifs is 1. The molecule has 7 heteroatoms. The molecule has 2 heterocycles. The summed E-state index contributed by atoms with van der Waals surface area (Å²) in [6, 6.07) is 0. The minimum absolute atomic E-state index is 0.217. The Labute approximate surface area is 113 Å². The highest BCUT2D eigenvalue weighted by Crippen LogP contribution is 2.25. The predicted octanol–water partition coefficient (Wildman–Crippen LogP) is 2.54. The summed E-state index contributed by atoms with van der Waals surface area (Å²) in [4.78, 5) is 24.7. The highest BCUT2D eigenvalue weighted by Gasteiger charge is 2.12. The van der Waals surface area contributed by atoms with Gasteiger partial charge in [0.1, 0.15) is 16.2 Å². The molecule has 2 aromatic heterocycles. The average Bonchev–Trinajstić information content (AvgIpc) is 2.70. The number of aryl methyl sites for hydroxylation is 2. The molecule has 0 aliphatic heterocycles. The van der Waals surface area contributed by atoms with Gasteiger partial charge in [-0.1, -0.05) is 22.9 Å². The van der Waals surface area contributed by atoms with Crippen LogP contribution in [-0.4, -0.2) is 27.5 Å². The van der Waals surface area contributed by atoms with Crippen LogP contribution in [0.1, 0.15) is 24.2 Å². The van der Waals surface area contributed by atoms with E-state index in [0.717, 1.165) is 9.84 Å². The minimum Gasteiger partial charge on any atom is -0.466 e. The molecule has 0 N–H and O–H groups in total. The van der Waals surface area contributed by atoms with Gasteiger partial charge in [0.25, 0.3) is 0 Å². The minimum atomic E-state index is -0.217. The summed E-state index contributed by atoms with van der Waals surface area (Å²) in [5, 5.41) is 1.18. The average molecular weight is 286 g/mol. The first kappa shape index (κ1) is 13.2. The maximum atomic E-state index is 11.3. The van der Waals surface area contributed by atoms with E-state index in [1.54, 1.807) is 13.8 Å². The van der Waals surface area contributed by atoms with Gasteiger partial charge in [-0.2, -0.15) is 0 Å². The van der Waals surface area contributed by atoms with Crippen LogP contribution in [0.3, 0.4) is 0 Å². The molecule has 0 bridgehead atoms. The summed E-state index contributed by atoms with van der Waals surface area (Å²) in [5.74, 6) is 0.401. The molecule has 18 heavy (non-hydrogen) atoms. The van der Waals surface area contributed by atoms with Crippen molar-refractivity contribution in [2.75, 3.05) is 6.61 Å². The molecule has 0 aliphatic rings. The van der Waals surface area contributed by atoms with E-state index in [1.165, 1.54) is 11.3 Å². The van der Waals surface area contributed by atoms with E-state index in [1.807, 2.05) is 0 Å². The maximum Gasteiger partial charge on any atom is 0.306 e. The van der Waals surface area contributed by atoms with Gasteiger partial charge in [0, 0.05) is 6.42 Å². The zero-order chi connectivity index (χ0) is 13.1. The van der Waals surface area contributed by atoms with Gasteiger partial charge in [-0.3, -0.25) is 4.79 Å². The SMILES string of the molecule is CCOC(=O)CCc1nc2c(Cl)nc(C)nc2s1. The summed E-state index contributed by atoms with van der Waals surface area (Å²) in [5.41, 5.74) is 0.603. The van der Waals surface area contributed by atoms with Gasteiger partial charge in [-0.15, -0.1) is 0 Å². The summed E-state index contributed by atoms with van der Waals surface area (Å²) < 4.78 is 4.86. The van der Waals surface area contributed by atoms with Crippen molar-refractivity contribution in [3.8, 4) is 0 Å². The zero-order valence-corrected chi connectivity index (χ0v) is 11.6. The molecule has 2 aromatic rings. The molecule has 0 radical (unpaired) electrons. The molecule has 5 nitrogen and oxygen atoms in total. The van der Waals surface area contributed by atoms with Crippen LogP contribution in [0.5, 0.6) is 0 Å². The van der Waals surface area contributed by atoms with Gasteiger partial charge in [0.05, 0.1) is 18.0 Å². The second-order valence-corrected chi connectivity index (χ2v) is 5.05. The molecule has 0 unspecified atom stereocenters. The Morgan fingerprint density at radius 1 is 1.39 bits per heavy atom. The molecule has 0 aromatic carbocycles. The Balaban J connectivity index is 2.15. The molecular formula is C11H12ClN3O2S. The molecule has 2 rings (SSSR count). The third kappa shape index (κ3) is 2.94. The lowest BCUT2D eigenvalue weighted by atomic mass is 10.3. The number of ether oxygens (including phenoxy) is 1. The molecule has 0 spiro atoms. The lowest BCUT2D eigenvalue weighted by Crippen LogP contribution is -2.04. The molecule has 0 amide bonds. The van der Waals surface area contributed by atoms with Crippen LogP contribution in [0, 0.1) is 6.92 Å². The number of thiazole rings is 1. The Morgan fingerprint density at radius 3 is 2.89 bits per heavy atom. The van der Waals surface area contributed by atoms with E-state index in [-0.39, 0.29) is 5.97 Å². The topological polar surface area (TPSA) is 65.0 Å². The van der Waals surface area contributed by atoms with Gasteiger partial charge in [0.2, 0.25) is 0 Å². The number of aromatic nitrogens is 3. The molecule has 0 saturated heterocycles. The normalized spacial score (nSPS) is 10.8. The van der Waals surface area contributed by atoms with Crippen molar-refractivity contribution in [3.05, 3.63) is 16.0 Å². The van der Waals surface area contributed by atoms with E-state index in [0.29, 0.717) is 35.9 Å². The Morgan fingerprint density at radius 2 is 2.17 bits per heavy atom. The van der Waals surface area contributed by atoms with Gasteiger partial charge < -0.3 is 4.74 Å². The van der Waals surface area contributed by atoms with Crippen LogP contribution >= 0.6 is 22.9 Å². The van der Waals surface area contributed by atoms with Crippen LogP contribution in [0.25, 0.3) is 10.3 Å². The van der Waals surface area contributed by atoms with Crippen LogP contribution in [0.2, 0.25) is 5.15 Å². The third-order valence-corrected chi connectivity index (χ3v) is 3.49. The van der Waals surface area contributed by atoms with Gasteiger partial charge in [-0.25, -0.2) is 15.0 Å². The number of halogens is 1. The van der Waals surface area contributed by atoms with Crippen molar-refractivity contribution >= 4 is 39.3 Å². The molecule has 0 saturated carbocycles. The van der Waals surface area contributed by atoms with E-state index in [9.17, 15) is 4.79 Å². The Kier molecular flexibility index (Phi) is 4.08. The van der Waals surface area contributed by atoms with Crippen molar-refractivity contribution in [3.63, 3.8) is 0 Å². The van der Waals surface area contributed by atoms with E-state index in [4.69, 9.17) is 16.3 Å². The van der Waals surface area contributed by atoms with Crippen molar-refractivity contribution < 1.29 is 9.53 Å². The molecule has 96 valence electrons. The highest BCUT2D eigenvalue weighted by molar-refractivity contribution is 7.18. The van der Waals surface area contributed by atoms with Gasteiger partial charge in [0.15, 0.2) is 5.15 Å². The van der Waals surface area contributed by atoms with Gasteiger partial charge >= 0.3 is 5.97 Å². The van der Waals surface area contributed by atoms with Crippen molar-refractivity contribution in [1.29, 1.82) is 0 Å². The Bertz CT molecular complexity index is 585. The quantitative estimate of drug-likeness (QED) is 0.638. The molecule has 0 aliphatic carbocycles. The summed E-state index contributed by atoms with van der Waals surface area (Å²) in [6.45, 7) is 3.96. The van der Waals surface area contributed by atoms with Crippen molar-refractivity contribution in [2.24, 2.45) is 0 Å². The fraction of sp³-hybridized carbons (Fsp3) is 0.455. The number of hydrogen-bond donors (Lipinski definition) is 0. The number of hydrogen-bond acceptors (Lipinski definition) is 6. The van der Waals surface area contributed by atoms with E-state index < -0.39 is 0 Å². The number of esters is 1. The van der Waals surface area contributed by atoms with Crippen molar-refractivity contribution in [2.45, 2.75) is 26.7 Å². The fourth-order valence-electron chi connectivity index (χ4n) is 1.48. The number of carbonyl (C=O) groups excluding carboxylic acids is 1. The molecule has 0 atom stereocenters. The van der Waals surface area contributed by atoms with Crippen LogP contribution < -0.4 is 0 Å². The Hall–Kier alpha value is -1.27. The highest BCUT2D eigenvalue weighted by atomic mass is 35.5. The second-order valence-electron chi connectivity index (χ2n) is 3.63. The number of carbonyl (C=O) groups is 1. The fourth-order valence-corrected chi connectivity index (χ4v) is 2.77. The van der Waals surface area contributed by atoms with Crippen LogP contribution in [-0.2, 0) is 16.0 Å². The number of nitrogens with zero attached hydrogens (tertiary/aromatic N) is 3. The monoisotopic (exact) mass is 285 g/mol. The summed E-state index contributed by atoms with van der Waals surface area (Å²) >= 11 is 7.42. The van der Waals surface area contributed by atoms with E-state index >= 15 is 0 Å². The predicted molar refractivity (Wildman–Crippen MR) is 69.9 cm³/mol. The lowest BCUT2D eigenvalue weighted by Gasteiger charge is -1.98. The van der Waals surface area contributed by atoms with E-state index in [2.05, 4.69) is 15.0 Å². The molecular weight excluding hydrogens is 274 g/mol. The van der Waals surface area contributed by atoms with Crippen LogP contribution in [0.15, 0.2) is 0 Å². The van der Waals surface area contributed by atoms with Crippen molar-refractivity contribution in [1.82, 2.24) is 15.0 Å². The third-order valence-electron chi connectivity index (χ3n) is 2.22. The first-order valence-corrected chi connectivity index (χ1v) is 6.74. The second kappa shape index (κ2) is 5.58. The lowest BCUT2D eigenvalue weighted by molar-refractivity contribution is -0.143. The standard InChI is InChI=1S/C11H12ClN3O2S/c1-3-17-8(16)5-4-7-15-9-10(12)13-6(2)14-11(9)18-7/h3-5H2,1-2H3. The smallest absolute Gasteiger partial charge is 0.306 e. The summed E-state index contributed by atoms with van der Waals surface area (Å²) in [6.07, 6.45) is 0.854. The first-order chi connectivity index (χ1) is 8.60. The van der Waals surface area contributed by atoms with Gasteiger partial charge in [-0.05, 0) is 13.8 Å². The number of rotatable bonds is 4. The van der Waals surface area contributed by atoms with Crippen LogP contribution in [0.4, 0.5) is 0 Å². The molecule has 0 fully saturated rings. The summed E-state index contributed by atoms with van der Waals surface area (Å²) in [7, 11) is 0. The first-order valence-electron chi connectivity index (χ1n) is 5.55. The zero-order valence-electron chi connectivity index (χ0n) is 10.1. The maximum absolute atomic E-state index is 11.3. The largest absolute Gasteiger partial charge is 0.466 e.